The first-order chi connectivity index (χ1) is 11.0. The number of nitrogens with zero attached hydrogens (tertiary/aromatic N) is 3. The highest BCUT2D eigenvalue weighted by Crippen LogP contribution is 2.32. The van der Waals surface area contributed by atoms with Gasteiger partial charge in [-0.05, 0) is 45.4 Å². The van der Waals surface area contributed by atoms with Crippen LogP contribution in [0.5, 0.6) is 0 Å². The molecular formula is C16H23N3O4. The van der Waals surface area contributed by atoms with Crippen molar-refractivity contribution in [2.45, 2.75) is 51.4 Å². The Labute approximate surface area is 135 Å². The van der Waals surface area contributed by atoms with Crippen LogP contribution in [0.4, 0.5) is 0 Å². The largest absolute Gasteiger partial charge is 0.481 e. The van der Waals surface area contributed by atoms with Gasteiger partial charge >= 0.3 is 5.97 Å². The molecule has 1 aromatic heterocycles. The predicted molar refractivity (Wildman–Crippen MR) is 80.7 cm³/mol. The van der Waals surface area contributed by atoms with E-state index >= 15 is 0 Å². The Hall–Kier alpha value is -1.92. The second-order valence-electron chi connectivity index (χ2n) is 6.67. The third kappa shape index (κ3) is 3.54. The van der Waals surface area contributed by atoms with Crippen LogP contribution in [0.3, 0.4) is 0 Å². The van der Waals surface area contributed by atoms with Gasteiger partial charge < -0.3 is 14.5 Å². The monoisotopic (exact) mass is 321 g/mol. The smallest absolute Gasteiger partial charge is 0.306 e. The van der Waals surface area contributed by atoms with Gasteiger partial charge in [-0.25, -0.2) is 0 Å². The number of piperidine rings is 1. The fourth-order valence-corrected chi connectivity index (χ4v) is 3.67. The molecule has 1 aliphatic carbocycles. The highest BCUT2D eigenvalue weighted by atomic mass is 16.5. The fourth-order valence-electron chi connectivity index (χ4n) is 3.67. The van der Waals surface area contributed by atoms with E-state index in [-0.39, 0.29) is 23.7 Å². The van der Waals surface area contributed by atoms with E-state index in [0.717, 1.165) is 12.8 Å². The average molecular weight is 321 g/mol. The summed E-state index contributed by atoms with van der Waals surface area (Å²) in [5.74, 6) is 0.743. The quantitative estimate of drug-likeness (QED) is 0.914. The Morgan fingerprint density at radius 1 is 1.09 bits per heavy atom. The number of carbonyl (C=O) groups is 2. The minimum absolute atomic E-state index is 0.00667. The van der Waals surface area contributed by atoms with Crippen LogP contribution in [-0.2, 0) is 9.59 Å². The third-order valence-corrected chi connectivity index (χ3v) is 5.12. The highest BCUT2D eigenvalue weighted by molar-refractivity contribution is 5.79. The van der Waals surface area contributed by atoms with E-state index in [1.165, 1.54) is 0 Å². The lowest BCUT2D eigenvalue weighted by atomic mass is 9.81. The van der Waals surface area contributed by atoms with Crippen molar-refractivity contribution in [3.05, 3.63) is 11.7 Å². The van der Waals surface area contributed by atoms with Crippen molar-refractivity contribution < 1.29 is 19.2 Å². The first-order valence-corrected chi connectivity index (χ1v) is 8.36. The van der Waals surface area contributed by atoms with Crippen molar-refractivity contribution in [3.8, 4) is 0 Å². The molecule has 1 amide bonds. The van der Waals surface area contributed by atoms with Crippen LogP contribution >= 0.6 is 0 Å². The molecule has 0 radical (unpaired) electrons. The van der Waals surface area contributed by atoms with E-state index in [0.29, 0.717) is 50.5 Å². The maximum atomic E-state index is 12.6. The summed E-state index contributed by atoms with van der Waals surface area (Å²) in [4.78, 5) is 29.8. The minimum Gasteiger partial charge on any atom is -0.481 e. The van der Waals surface area contributed by atoms with Crippen LogP contribution < -0.4 is 0 Å². The standard InChI is InChI=1S/C16H23N3O4/c1-10-17-14(23-18-10)11-6-8-19(9-7-11)15(20)12-2-4-13(5-3-12)16(21)22/h11-13H,2-9H2,1H3,(H,21,22). The number of hydrogen-bond donors (Lipinski definition) is 1. The van der Waals surface area contributed by atoms with Crippen molar-refractivity contribution in [2.24, 2.45) is 11.8 Å². The molecular weight excluding hydrogens is 298 g/mol. The molecule has 0 atom stereocenters. The number of carboxylic acids is 1. The van der Waals surface area contributed by atoms with Crippen LogP contribution in [0.1, 0.15) is 56.2 Å². The normalized spacial score (nSPS) is 26.2. The maximum Gasteiger partial charge on any atom is 0.306 e. The average Bonchev–Trinajstić information content (AvgIpc) is 3.01. The lowest BCUT2D eigenvalue weighted by molar-refractivity contribution is -0.146. The van der Waals surface area contributed by atoms with Gasteiger partial charge in [-0.1, -0.05) is 5.16 Å². The zero-order chi connectivity index (χ0) is 16.4. The van der Waals surface area contributed by atoms with E-state index in [4.69, 9.17) is 9.63 Å². The van der Waals surface area contributed by atoms with Gasteiger partial charge in [-0.2, -0.15) is 4.98 Å². The Bertz CT molecular complexity index is 570. The van der Waals surface area contributed by atoms with Gasteiger partial charge in [0.15, 0.2) is 5.82 Å². The summed E-state index contributed by atoms with van der Waals surface area (Å²) in [7, 11) is 0. The van der Waals surface area contributed by atoms with Crippen LogP contribution in [0.2, 0.25) is 0 Å². The molecule has 1 N–H and O–H groups in total. The van der Waals surface area contributed by atoms with E-state index in [9.17, 15) is 9.59 Å². The number of rotatable bonds is 3. The summed E-state index contributed by atoms with van der Waals surface area (Å²) < 4.78 is 5.23. The van der Waals surface area contributed by atoms with Gasteiger partial charge in [-0.3, -0.25) is 9.59 Å². The van der Waals surface area contributed by atoms with Gasteiger partial charge in [0, 0.05) is 24.9 Å². The molecule has 23 heavy (non-hydrogen) atoms. The van der Waals surface area contributed by atoms with Crippen LogP contribution in [-0.4, -0.2) is 45.1 Å². The third-order valence-electron chi connectivity index (χ3n) is 5.12. The molecule has 1 saturated heterocycles. The Balaban J connectivity index is 1.50. The van der Waals surface area contributed by atoms with E-state index in [2.05, 4.69) is 10.1 Å². The zero-order valence-corrected chi connectivity index (χ0v) is 13.4. The van der Waals surface area contributed by atoms with E-state index < -0.39 is 5.97 Å². The SMILES string of the molecule is Cc1noc(C2CCN(C(=O)C3CCC(C(=O)O)CC3)CC2)n1. The molecule has 7 nitrogen and oxygen atoms in total. The Kier molecular flexibility index (Phi) is 4.63. The summed E-state index contributed by atoms with van der Waals surface area (Å²) in [6.07, 6.45) is 4.31. The lowest BCUT2D eigenvalue weighted by Gasteiger charge is -2.35. The molecule has 0 bridgehead atoms. The summed E-state index contributed by atoms with van der Waals surface area (Å²) >= 11 is 0. The molecule has 0 spiro atoms. The fraction of sp³-hybridized carbons (Fsp3) is 0.750. The summed E-state index contributed by atoms with van der Waals surface area (Å²) in [5.41, 5.74) is 0. The molecule has 0 aromatic carbocycles. The molecule has 7 heteroatoms. The van der Waals surface area contributed by atoms with Crippen LogP contribution in [0.25, 0.3) is 0 Å². The number of aromatic nitrogens is 2. The molecule has 2 heterocycles. The minimum atomic E-state index is -0.730. The van der Waals surface area contributed by atoms with Crippen LogP contribution in [0.15, 0.2) is 4.52 Å². The highest BCUT2D eigenvalue weighted by Gasteiger charge is 2.34. The van der Waals surface area contributed by atoms with E-state index in [1.54, 1.807) is 6.92 Å². The Morgan fingerprint density at radius 2 is 1.70 bits per heavy atom. The number of aliphatic carboxylic acids is 1. The van der Waals surface area contributed by atoms with Gasteiger partial charge in [0.05, 0.1) is 5.92 Å². The van der Waals surface area contributed by atoms with Gasteiger partial charge in [-0.15, -0.1) is 0 Å². The molecule has 2 aliphatic rings. The van der Waals surface area contributed by atoms with Gasteiger partial charge in [0.1, 0.15) is 0 Å². The van der Waals surface area contributed by atoms with Crippen LogP contribution in [0, 0.1) is 18.8 Å². The molecule has 2 fully saturated rings. The van der Waals surface area contributed by atoms with Crippen molar-refractivity contribution in [3.63, 3.8) is 0 Å². The molecule has 126 valence electrons. The zero-order valence-electron chi connectivity index (χ0n) is 13.4. The number of aryl methyl sites for hydroxylation is 1. The van der Waals surface area contributed by atoms with Crippen molar-refractivity contribution in [1.29, 1.82) is 0 Å². The second kappa shape index (κ2) is 6.68. The molecule has 0 unspecified atom stereocenters. The molecule has 3 rings (SSSR count). The summed E-state index contributed by atoms with van der Waals surface area (Å²) in [6, 6.07) is 0. The van der Waals surface area contributed by atoms with E-state index in [1.807, 2.05) is 4.90 Å². The van der Waals surface area contributed by atoms with Gasteiger partial charge in [0.25, 0.3) is 0 Å². The number of carbonyl (C=O) groups excluding carboxylic acids is 1. The molecule has 1 aliphatic heterocycles. The maximum absolute atomic E-state index is 12.6. The number of hydrogen-bond acceptors (Lipinski definition) is 5. The first-order valence-electron chi connectivity index (χ1n) is 8.36. The first kappa shape index (κ1) is 16.0. The summed E-state index contributed by atoms with van der Waals surface area (Å²) in [6.45, 7) is 3.23. The number of carboxylic acid groups (broad SMARTS) is 1. The van der Waals surface area contributed by atoms with Crippen molar-refractivity contribution >= 4 is 11.9 Å². The Morgan fingerprint density at radius 3 is 2.22 bits per heavy atom. The van der Waals surface area contributed by atoms with Gasteiger partial charge in [0.2, 0.25) is 11.8 Å². The number of amides is 1. The second-order valence-corrected chi connectivity index (χ2v) is 6.67. The molecule has 1 aromatic rings. The number of likely N-dealkylation sites (tertiary alicyclic amines) is 1. The van der Waals surface area contributed by atoms with Crippen molar-refractivity contribution in [1.82, 2.24) is 15.0 Å². The summed E-state index contributed by atoms with van der Waals surface area (Å²) in [5, 5.41) is 12.9. The van der Waals surface area contributed by atoms with Crippen molar-refractivity contribution in [2.75, 3.05) is 13.1 Å². The topological polar surface area (TPSA) is 96.5 Å². The predicted octanol–water partition coefficient (Wildman–Crippen LogP) is 1.98. The lowest BCUT2D eigenvalue weighted by Crippen LogP contribution is -2.42. The molecule has 1 saturated carbocycles.